The Morgan fingerprint density at radius 3 is 2.94 bits per heavy atom. The summed E-state index contributed by atoms with van der Waals surface area (Å²) in [6, 6.07) is 6.67. The fourth-order valence-corrected chi connectivity index (χ4v) is 2.50. The van der Waals surface area contributed by atoms with E-state index in [1.807, 2.05) is 24.3 Å². The summed E-state index contributed by atoms with van der Waals surface area (Å²) in [4.78, 5) is 10.6. The van der Waals surface area contributed by atoms with E-state index in [9.17, 15) is 4.79 Å². The minimum atomic E-state index is -0.978. The van der Waals surface area contributed by atoms with Crippen LogP contribution < -0.4 is 15.2 Å². The zero-order valence-electron chi connectivity index (χ0n) is 9.74. The molecule has 0 aliphatic carbocycles. The van der Waals surface area contributed by atoms with Gasteiger partial charge in [0.15, 0.2) is 11.5 Å². The SMILES string of the molecule is N[C@@H](CSCC1COc2ccccc2O1)C(=O)O. The zero-order valence-corrected chi connectivity index (χ0v) is 10.6. The summed E-state index contributed by atoms with van der Waals surface area (Å²) in [7, 11) is 0. The fraction of sp³-hybridized carbons (Fsp3) is 0.417. The number of rotatable bonds is 5. The molecule has 1 aliphatic heterocycles. The summed E-state index contributed by atoms with van der Waals surface area (Å²) in [6.07, 6.45) is -0.0640. The van der Waals surface area contributed by atoms with E-state index >= 15 is 0 Å². The number of nitrogens with two attached hydrogens (primary N) is 1. The lowest BCUT2D eigenvalue weighted by Crippen LogP contribution is -2.35. The van der Waals surface area contributed by atoms with Gasteiger partial charge in [0.2, 0.25) is 0 Å². The molecule has 0 fully saturated rings. The highest BCUT2D eigenvalue weighted by Crippen LogP contribution is 2.31. The first-order valence-electron chi connectivity index (χ1n) is 5.61. The molecular formula is C12H15NO4S. The molecule has 2 rings (SSSR count). The van der Waals surface area contributed by atoms with E-state index in [1.165, 1.54) is 11.8 Å². The van der Waals surface area contributed by atoms with Crippen molar-refractivity contribution in [1.82, 2.24) is 0 Å². The van der Waals surface area contributed by atoms with Gasteiger partial charge in [0, 0.05) is 11.5 Å². The van der Waals surface area contributed by atoms with Gasteiger partial charge in [-0.2, -0.15) is 11.8 Å². The average Bonchev–Trinajstić information content (AvgIpc) is 2.38. The molecule has 6 heteroatoms. The lowest BCUT2D eigenvalue weighted by Gasteiger charge is -2.26. The molecule has 98 valence electrons. The Balaban J connectivity index is 1.78. The first-order valence-corrected chi connectivity index (χ1v) is 6.77. The largest absolute Gasteiger partial charge is 0.486 e. The summed E-state index contributed by atoms with van der Waals surface area (Å²) in [5, 5.41) is 8.65. The number of thioether (sulfide) groups is 1. The average molecular weight is 269 g/mol. The van der Waals surface area contributed by atoms with Crippen molar-refractivity contribution >= 4 is 17.7 Å². The van der Waals surface area contributed by atoms with Gasteiger partial charge in [0.1, 0.15) is 18.8 Å². The van der Waals surface area contributed by atoms with Crippen molar-refractivity contribution in [3.8, 4) is 11.5 Å². The van der Waals surface area contributed by atoms with E-state index in [0.717, 1.165) is 11.5 Å². The minimum absolute atomic E-state index is 0.0640. The monoisotopic (exact) mass is 269 g/mol. The standard InChI is InChI=1S/C12H15NO4S/c13-9(12(14)15)7-18-6-8-5-16-10-3-1-2-4-11(10)17-8/h1-4,8-9H,5-7,13H2,(H,14,15)/t8?,9-/m0/s1. The molecule has 1 aromatic rings. The Labute approximate surface area is 109 Å². The van der Waals surface area contributed by atoms with Crippen molar-refractivity contribution in [2.45, 2.75) is 12.1 Å². The molecule has 0 spiro atoms. The molecule has 1 unspecified atom stereocenters. The highest BCUT2D eigenvalue weighted by molar-refractivity contribution is 7.99. The molecule has 0 radical (unpaired) electrons. The molecule has 0 saturated carbocycles. The van der Waals surface area contributed by atoms with E-state index in [-0.39, 0.29) is 6.10 Å². The summed E-state index contributed by atoms with van der Waals surface area (Å²) < 4.78 is 11.3. The first-order chi connectivity index (χ1) is 8.66. The number of carboxylic acids is 1. The molecule has 3 N–H and O–H groups in total. The third-order valence-electron chi connectivity index (χ3n) is 2.49. The maximum absolute atomic E-state index is 10.6. The first kappa shape index (κ1) is 13.0. The second-order valence-corrected chi connectivity index (χ2v) is 5.05. The number of hydrogen-bond acceptors (Lipinski definition) is 5. The van der Waals surface area contributed by atoms with Gasteiger partial charge in [-0.3, -0.25) is 4.79 Å². The van der Waals surface area contributed by atoms with Crippen LogP contribution >= 0.6 is 11.8 Å². The van der Waals surface area contributed by atoms with Gasteiger partial charge in [-0.05, 0) is 12.1 Å². The Kier molecular flexibility index (Phi) is 4.33. The van der Waals surface area contributed by atoms with Crippen molar-refractivity contribution in [3.05, 3.63) is 24.3 Å². The maximum atomic E-state index is 10.6. The normalized spacial score (nSPS) is 19.3. The van der Waals surface area contributed by atoms with Crippen LogP contribution in [-0.4, -0.2) is 41.3 Å². The zero-order chi connectivity index (χ0) is 13.0. The van der Waals surface area contributed by atoms with E-state index in [1.54, 1.807) is 0 Å². The molecule has 1 aliphatic rings. The van der Waals surface area contributed by atoms with Crippen LogP contribution in [0.5, 0.6) is 11.5 Å². The second-order valence-electron chi connectivity index (χ2n) is 3.98. The van der Waals surface area contributed by atoms with Crippen molar-refractivity contribution in [1.29, 1.82) is 0 Å². The topological polar surface area (TPSA) is 81.8 Å². The molecule has 2 atom stereocenters. The molecule has 0 amide bonds. The lowest BCUT2D eigenvalue weighted by molar-refractivity contribution is -0.137. The lowest BCUT2D eigenvalue weighted by atomic mass is 10.3. The molecule has 0 saturated heterocycles. The summed E-state index contributed by atoms with van der Waals surface area (Å²) in [6.45, 7) is 0.478. The number of aliphatic carboxylic acids is 1. The summed E-state index contributed by atoms with van der Waals surface area (Å²) in [5.41, 5.74) is 5.42. The second kappa shape index (κ2) is 5.97. The number of benzene rings is 1. The predicted molar refractivity (Wildman–Crippen MR) is 69.3 cm³/mol. The van der Waals surface area contributed by atoms with Gasteiger partial charge in [0.05, 0.1) is 0 Å². The Bertz CT molecular complexity index is 426. The van der Waals surface area contributed by atoms with Crippen LogP contribution in [0, 0.1) is 0 Å². The third kappa shape index (κ3) is 3.30. The molecule has 18 heavy (non-hydrogen) atoms. The Hall–Kier alpha value is -1.40. The molecular weight excluding hydrogens is 254 g/mol. The van der Waals surface area contributed by atoms with Crippen molar-refractivity contribution < 1.29 is 19.4 Å². The smallest absolute Gasteiger partial charge is 0.321 e. The van der Waals surface area contributed by atoms with Gasteiger partial charge < -0.3 is 20.3 Å². The number of carboxylic acid groups (broad SMARTS) is 1. The van der Waals surface area contributed by atoms with Crippen LogP contribution in [0.15, 0.2) is 24.3 Å². The summed E-state index contributed by atoms with van der Waals surface area (Å²) >= 11 is 1.46. The predicted octanol–water partition coefficient (Wildman–Crippen LogP) is 0.971. The van der Waals surface area contributed by atoms with E-state index in [4.69, 9.17) is 20.3 Å². The van der Waals surface area contributed by atoms with Crippen molar-refractivity contribution in [3.63, 3.8) is 0 Å². The number of ether oxygens (including phenoxy) is 2. The fourth-order valence-electron chi connectivity index (χ4n) is 1.54. The van der Waals surface area contributed by atoms with Crippen LogP contribution in [0.3, 0.4) is 0 Å². The number of para-hydroxylation sites is 2. The third-order valence-corrected chi connectivity index (χ3v) is 3.69. The highest BCUT2D eigenvalue weighted by Gasteiger charge is 2.21. The van der Waals surface area contributed by atoms with Gasteiger partial charge in [-0.25, -0.2) is 0 Å². The number of carbonyl (C=O) groups is 1. The van der Waals surface area contributed by atoms with Crippen LogP contribution in [0.25, 0.3) is 0 Å². The summed E-state index contributed by atoms with van der Waals surface area (Å²) in [5.74, 6) is 1.54. The molecule has 5 nitrogen and oxygen atoms in total. The van der Waals surface area contributed by atoms with Gasteiger partial charge in [-0.1, -0.05) is 12.1 Å². The Morgan fingerprint density at radius 1 is 1.50 bits per heavy atom. The van der Waals surface area contributed by atoms with E-state index in [0.29, 0.717) is 18.1 Å². The van der Waals surface area contributed by atoms with Crippen molar-refractivity contribution in [2.75, 3.05) is 18.1 Å². The molecule has 0 bridgehead atoms. The highest BCUT2D eigenvalue weighted by atomic mass is 32.2. The van der Waals surface area contributed by atoms with E-state index < -0.39 is 12.0 Å². The van der Waals surface area contributed by atoms with Gasteiger partial charge >= 0.3 is 5.97 Å². The van der Waals surface area contributed by atoms with Crippen molar-refractivity contribution in [2.24, 2.45) is 5.73 Å². The van der Waals surface area contributed by atoms with Crippen LogP contribution in [0.1, 0.15) is 0 Å². The van der Waals surface area contributed by atoms with Crippen LogP contribution in [-0.2, 0) is 4.79 Å². The number of fused-ring (bicyclic) bond motifs is 1. The Morgan fingerprint density at radius 2 is 2.22 bits per heavy atom. The minimum Gasteiger partial charge on any atom is -0.486 e. The van der Waals surface area contributed by atoms with Crippen LogP contribution in [0.2, 0.25) is 0 Å². The molecule has 1 aromatic carbocycles. The van der Waals surface area contributed by atoms with Gasteiger partial charge in [-0.15, -0.1) is 0 Å². The maximum Gasteiger partial charge on any atom is 0.321 e. The van der Waals surface area contributed by atoms with Gasteiger partial charge in [0.25, 0.3) is 0 Å². The van der Waals surface area contributed by atoms with Crippen LogP contribution in [0.4, 0.5) is 0 Å². The molecule has 0 aromatic heterocycles. The quantitative estimate of drug-likeness (QED) is 0.829. The van der Waals surface area contributed by atoms with E-state index in [2.05, 4.69) is 0 Å². The molecule has 1 heterocycles. The number of hydrogen-bond donors (Lipinski definition) is 2.